The number of aromatic amines is 1. The van der Waals surface area contributed by atoms with Crippen LogP contribution >= 0.6 is 0 Å². The molecule has 0 spiro atoms. The fourth-order valence-corrected chi connectivity index (χ4v) is 4.90. The average molecular weight is 483 g/mol. The van der Waals surface area contributed by atoms with E-state index in [9.17, 15) is 4.79 Å². The van der Waals surface area contributed by atoms with Crippen molar-refractivity contribution < 1.29 is 23.7 Å². The standard InChI is InChI=1S/C29H26N2O5/c1-29(28-30-14-15-31-28,19-6-3-2-4-7-19)36-25-13-11-22-21(8-5-9-24(22)32)23(25)17-33-20-10-12-26-27(16-20)35-18-34-26/h2-4,6-7,10-16H,5,8-9,17-18H2,1H3,(H,30,31)/t29-/m0/s1. The van der Waals surface area contributed by atoms with Gasteiger partial charge in [0.05, 0.1) is 0 Å². The van der Waals surface area contributed by atoms with E-state index >= 15 is 0 Å². The van der Waals surface area contributed by atoms with E-state index in [1.165, 1.54) is 0 Å². The number of carbonyl (C=O) groups excluding carboxylic acids is 1. The second kappa shape index (κ2) is 9.07. The van der Waals surface area contributed by atoms with Gasteiger partial charge >= 0.3 is 0 Å². The van der Waals surface area contributed by atoms with E-state index in [0.29, 0.717) is 35.2 Å². The third-order valence-corrected chi connectivity index (χ3v) is 6.84. The quantitative estimate of drug-likeness (QED) is 0.370. The third kappa shape index (κ3) is 3.96. The highest BCUT2D eigenvalue weighted by Gasteiger charge is 2.35. The molecule has 0 saturated carbocycles. The number of H-pyrrole nitrogens is 1. The van der Waals surface area contributed by atoms with Gasteiger partial charge in [-0.25, -0.2) is 4.98 Å². The van der Waals surface area contributed by atoms with E-state index in [-0.39, 0.29) is 19.2 Å². The van der Waals surface area contributed by atoms with Crippen LogP contribution in [-0.2, 0) is 18.6 Å². The molecule has 0 radical (unpaired) electrons. The number of benzene rings is 3. The minimum absolute atomic E-state index is 0.156. The lowest BCUT2D eigenvalue weighted by Crippen LogP contribution is -2.33. The molecule has 4 aromatic rings. The van der Waals surface area contributed by atoms with E-state index in [1.807, 2.05) is 67.6 Å². The van der Waals surface area contributed by atoms with Crippen LogP contribution < -0.4 is 18.9 Å². The highest BCUT2D eigenvalue weighted by molar-refractivity contribution is 5.99. The summed E-state index contributed by atoms with van der Waals surface area (Å²) in [5.41, 5.74) is 2.67. The summed E-state index contributed by atoms with van der Waals surface area (Å²) in [6, 6.07) is 19.2. The number of ketones is 1. The van der Waals surface area contributed by atoms with E-state index < -0.39 is 5.60 Å². The summed E-state index contributed by atoms with van der Waals surface area (Å²) in [5, 5.41) is 0. The molecule has 1 aliphatic heterocycles. The van der Waals surface area contributed by atoms with Crippen LogP contribution in [0.1, 0.15) is 52.6 Å². The number of nitrogens with zero attached hydrogens (tertiary/aromatic N) is 1. The normalized spacial score (nSPS) is 15.8. The molecule has 0 bridgehead atoms. The van der Waals surface area contributed by atoms with Crippen molar-refractivity contribution in [3.8, 4) is 23.0 Å². The van der Waals surface area contributed by atoms with E-state index in [0.717, 1.165) is 35.1 Å². The van der Waals surface area contributed by atoms with Gasteiger partial charge in [0.25, 0.3) is 0 Å². The molecule has 182 valence electrons. The van der Waals surface area contributed by atoms with Crippen molar-refractivity contribution in [3.63, 3.8) is 0 Å². The Bertz CT molecular complexity index is 1400. The average Bonchev–Trinajstić information content (AvgIpc) is 3.61. The molecule has 1 atom stereocenters. The summed E-state index contributed by atoms with van der Waals surface area (Å²) in [7, 11) is 0. The van der Waals surface area contributed by atoms with E-state index in [2.05, 4.69) is 9.97 Å². The van der Waals surface area contributed by atoms with Crippen LogP contribution in [0.15, 0.2) is 73.1 Å². The summed E-state index contributed by atoms with van der Waals surface area (Å²) in [5.74, 6) is 3.51. The molecule has 3 aromatic carbocycles. The smallest absolute Gasteiger partial charge is 0.231 e. The van der Waals surface area contributed by atoms with Crippen molar-refractivity contribution in [2.75, 3.05) is 6.79 Å². The van der Waals surface area contributed by atoms with Gasteiger partial charge in [-0.15, -0.1) is 0 Å². The first kappa shape index (κ1) is 22.2. The first-order valence-corrected chi connectivity index (χ1v) is 12.1. The van der Waals surface area contributed by atoms with Gasteiger partial charge in [0.15, 0.2) is 28.7 Å². The van der Waals surface area contributed by atoms with Crippen LogP contribution in [0.4, 0.5) is 0 Å². The Kier molecular flexibility index (Phi) is 5.60. The maximum atomic E-state index is 12.7. The highest BCUT2D eigenvalue weighted by Crippen LogP contribution is 2.39. The molecule has 0 amide bonds. The Hall–Kier alpha value is -4.26. The predicted molar refractivity (Wildman–Crippen MR) is 133 cm³/mol. The zero-order chi connectivity index (χ0) is 24.5. The van der Waals surface area contributed by atoms with Crippen LogP contribution in [0.3, 0.4) is 0 Å². The molecule has 7 nitrogen and oxygen atoms in total. The molecule has 0 saturated heterocycles. The van der Waals surface area contributed by atoms with Crippen molar-refractivity contribution in [2.45, 2.75) is 38.4 Å². The van der Waals surface area contributed by atoms with Crippen LogP contribution in [0.25, 0.3) is 0 Å². The number of imidazole rings is 1. The van der Waals surface area contributed by atoms with Gasteiger partial charge in [0.1, 0.15) is 18.1 Å². The molecule has 7 heteroatoms. The zero-order valence-electron chi connectivity index (χ0n) is 20.0. The number of rotatable bonds is 7. The first-order valence-electron chi connectivity index (χ1n) is 12.1. The molecular formula is C29H26N2O5. The number of fused-ring (bicyclic) bond motifs is 2. The molecule has 1 N–H and O–H groups in total. The minimum atomic E-state index is -0.884. The fourth-order valence-electron chi connectivity index (χ4n) is 4.90. The van der Waals surface area contributed by atoms with Crippen molar-refractivity contribution in [2.24, 2.45) is 0 Å². The number of Topliss-reactive ketones (excluding diaryl/α,β-unsaturated/α-hetero) is 1. The summed E-state index contributed by atoms with van der Waals surface area (Å²) >= 11 is 0. The van der Waals surface area contributed by atoms with Crippen molar-refractivity contribution in [3.05, 3.63) is 101 Å². The topological polar surface area (TPSA) is 82.7 Å². The largest absolute Gasteiger partial charge is 0.489 e. The summed E-state index contributed by atoms with van der Waals surface area (Å²) in [4.78, 5) is 20.5. The van der Waals surface area contributed by atoms with Gasteiger partial charge in [-0.3, -0.25) is 4.79 Å². The van der Waals surface area contributed by atoms with Gasteiger partial charge in [0.2, 0.25) is 6.79 Å². The Morgan fingerprint density at radius 1 is 1.03 bits per heavy atom. The van der Waals surface area contributed by atoms with Crippen molar-refractivity contribution in [1.29, 1.82) is 0 Å². The van der Waals surface area contributed by atoms with Crippen LogP contribution in [-0.4, -0.2) is 22.5 Å². The molecule has 0 fully saturated rings. The second-order valence-electron chi connectivity index (χ2n) is 9.09. The Morgan fingerprint density at radius 2 is 1.89 bits per heavy atom. The second-order valence-corrected chi connectivity index (χ2v) is 9.09. The number of hydrogen-bond acceptors (Lipinski definition) is 6. The molecule has 1 aliphatic carbocycles. The zero-order valence-corrected chi connectivity index (χ0v) is 20.0. The van der Waals surface area contributed by atoms with Crippen LogP contribution in [0.2, 0.25) is 0 Å². The van der Waals surface area contributed by atoms with Gasteiger partial charge in [-0.05, 0) is 49.6 Å². The molecule has 2 aliphatic rings. The van der Waals surface area contributed by atoms with Gasteiger partial charge in [-0.1, -0.05) is 30.3 Å². The fraction of sp³-hybridized carbons (Fsp3) is 0.241. The van der Waals surface area contributed by atoms with Gasteiger partial charge < -0.3 is 23.9 Å². The third-order valence-electron chi connectivity index (χ3n) is 6.84. The van der Waals surface area contributed by atoms with Crippen molar-refractivity contribution >= 4 is 5.78 Å². The molecule has 2 heterocycles. The lowest BCUT2D eigenvalue weighted by molar-refractivity contribution is 0.0970. The van der Waals surface area contributed by atoms with Crippen LogP contribution in [0.5, 0.6) is 23.0 Å². The molecular weight excluding hydrogens is 456 g/mol. The van der Waals surface area contributed by atoms with E-state index in [1.54, 1.807) is 12.4 Å². The van der Waals surface area contributed by atoms with E-state index in [4.69, 9.17) is 18.9 Å². The minimum Gasteiger partial charge on any atom is -0.489 e. The number of ether oxygens (including phenoxy) is 4. The number of hydrogen-bond donors (Lipinski definition) is 1. The Labute approximate surface area is 209 Å². The molecule has 6 rings (SSSR count). The van der Waals surface area contributed by atoms with Crippen molar-refractivity contribution in [1.82, 2.24) is 9.97 Å². The molecule has 36 heavy (non-hydrogen) atoms. The lowest BCUT2D eigenvalue weighted by atomic mass is 9.86. The van der Waals surface area contributed by atoms with Gasteiger partial charge in [0, 0.05) is 41.6 Å². The predicted octanol–water partition coefficient (Wildman–Crippen LogP) is 5.58. The molecule has 1 aromatic heterocycles. The van der Waals surface area contributed by atoms with Gasteiger partial charge in [-0.2, -0.15) is 0 Å². The summed E-state index contributed by atoms with van der Waals surface area (Å²) in [6.45, 7) is 2.44. The first-order chi connectivity index (χ1) is 17.6. The highest BCUT2D eigenvalue weighted by atomic mass is 16.7. The maximum absolute atomic E-state index is 12.7. The lowest BCUT2D eigenvalue weighted by Gasteiger charge is -2.32. The number of carbonyl (C=O) groups is 1. The Morgan fingerprint density at radius 3 is 2.72 bits per heavy atom. The monoisotopic (exact) mass is 482 g/mol. The SMILES string of the molecule is C[C@](Oc1ccc2c(c1COc1ccc3c(c1)OCO3)CCCC2=O)(c1ccccc1)c1ncc[nH]1. The summed E-state index contributed by atoms with van der Waals surface area (Å²) < 4.78 is 23.9. The number of nitrogens with one attached hydrogen (secondary N) is 1. The van der Waals surface area contributed by atoms with Crippen LogP contribution in [0, 0.1) is 0 Å². The molecule has 0 unspecified atom stereocenters. The summed E-state index contributed by atoms with van der Waals surface area (Å²) in [6.07, 6.45) is 5.66. The Balaban J connectivity index is 1.40. The number of aromatic nitrogens is 2. The maximum Gasteiger partial charge on any atom is 0.231 e.